The minimum atomic E-state index is -3.94. The molecule has 0 aliphatic rings. The SMILES string of the molecule is COc1cc(Br)c(N)cc1S(=O)(=O)Nc1nnn(C)n1. The average molecular weight is 363 g/mol. The standard InChI is InChI=1S/C9H11BrN6O3S/c1-16-13-9(12-15-16)14-20(17,18)8-4-6(11)5(10)3-7(8)19-2/h3-4H,11H2,1-2H3,(H,13,14). The van der Waals surface area contributed by atoms with Gasteiger partial charge in [0.15, 0.2) is 0 Å². The molecule has 0 fully saturated rings. The van der Waals surface area contributed by atoms with E-state index in [0.29, 0.717) is 4.47 Å². The van der Waals surface area contributed by atoms with Crippen LogP contribution in [-0.4, -0.2) is 35.7 Å². The Morgan fingerprint density at radius 2 is 2.15 bits per heavy atom. The Bertz CT molecular complexity index is 744. The summed E-state index contributed by atoms with van der Waals surface area (Å²) in [6.45, 7) is 0. The number of aryl methyl sites for hydroxylation is 1. The molecule has 0 radical (unpaired) electrons. The number of anilines is 2. The first-order valence-electron chi connectivity index (χ1n) is 5.23. The third-order valence-electron chi connectivity index (χ3n) is 2.31. The number of rotatable bonds is 4. The maximum Gasteiger partial charge on any atom is 0.277 e. The van der Waals surface area contributed by atoms with E-state index in [2.05, 4.69) is 36.1 Å². The van der Waals surface area contributed by atoms with Gasteiger partial charge < -0.3 is 10.5 Å². The van der Waals surface area contributed by atoms with Crippen LogP contribution in [0.25, 0.3) is 0 Å². The van der Waals surface area contributed by atoms with Crippen LogP contribution < -0.4 is 15.2 Å². The van der Waals surface area contributed by atoms with Gasteiger partial charge in [-0.1, -0.05) is 5.10 Å². The van der Waals surface area contributed by atoms with Crippen molar-refractivity contribution in [1.82, 2.24) is 20.2 Å². The van der Waals surface area contributed by atoms with E-state index < -0.39 is 10.0 Å². The summed E-state index contributed by atoms with van der Waals surface area (Å²) < 4.78 is 32.3. The number of tetrazole rings is 1. The fourth-order valence-corrected chi connectivity index (χ4v) is 2.86. The first-order valence-corrected chi connectivity index (χ1v) is 7.51. The summed E-state index contributed by atoms with van der Waals surface area (Å²) in [5, 5.41) is 10.8. The Balaban J connectivity index is 2.46. The molecule has 2 aromatic rings. The van der Waals surface area contributed by atoms with Crippen LogP contribution in [0, 0.1) is 0 Å². The summed E-state index contributed by atoms with van der Waals surface area (Å²) in [7, 11) is -1.06. The third kappa shape index (κ3) is 2.82. The minimum absolute atomic E-state index is 0.117. The molecule has 0 saturated carbocycles. The van der Waals surface area contributed by atoms with Crippen LogP contribution in [0.3, 0.4) is 0 Å². The molecule has 20 heavy (non-hydrogen) atoms. The number of aromatic nitrogens is 4. The van der Waals surface area contributed by atoms with Crippen molar-refractivity contribution < 1.29 is 13.2 Å². The maximum absolute atomic E-state index is 12.3. The molecule has 0 saturated heterocycles. The van der Waals surface area contributed by atoms with Crippen LogP contribution in [0.1, 0.15) is 0 Å². The van der Waals surface area contributed by atoms with Gasteiger partial charge in [0, 0.05) is 10.2 Å². The van der Waals surface area contributed by atoms with Crippen molar-refractivity contribution >= 4 is 37.6 Å². The number of ether oxygens (including phenoxy) is 1. The quantitative estimate of drug-likeness (QED) is 0.752. The van der Waals surface area contributed by atoms with Crippen molar-refractivity contribution in [3.05, 3.63) is 16.6 Å². The predicted molar refractivity (Wildman–Crippen MR) is 74.7 cm³/mol. The number of benzene rings is 1. The molecule has 108 valence electrons. The molecule has 0 bridgehead atoms. The van der Waals surface area contributed by atoms with Gasteiger partial charge in [0.25, 0.3) is 16.0 Å². The van der Waals surface area contributed by atoms with Crippen molar-refractivity contribution in [2.24, 2.45) is 7.05 Å². The van der Waals surface area contributed by atoms with Gasteiger partial charge in [-0.25, -0.2) is 13.1 Å². The molecule has 1 aromatic carbocycles. The molecule has 0 atom stereocenters. The molecule has 0 aliphatic heterocycles. The zero-order chi connectivity index (χ0) is 14.9. The summed E-state index contributed by atoms with van der Waals surface area (Å²) >= 11 is 3.20. The molecule has 1 aromatic heterocycles. The lowest BCUT2D eigenvalue weighted by atomic mass is 10.3. The molecule has 0 aliphatic carbocycles. The van der Waals surface area contributed by atoms with Gasteiger partial charge in [0.2, 0.25) is 0 Å². The highest BCUT2D eigenvalue weighted by molar-refractivity contribution is 9.10. The summed E-state index contributed by atoms with van der Waals surface area (Å²) in [6.07, 6.45) is 0. The average Bonchev–Trinajstić information content (AvgIpc) is 2.76. The number of halogens is 1. The van der Waals surface area contributed by atoms with E-state index >= 15 is 0 Å². The lowest BCUT2D eigenvalue weighted by molar-refractivity contribution is 0.402. The van der Waals surface area contributed by atoms with Crippen molar-refractivity contribution in [2.45, 2.75) is 4.90 Å². The van der Waals surface area contributed by atoms with Crippen molar-refractivity contribution in [3.63, 3.8) is 0 Å². The van der Waals surface area contributed by atoms with Crippen LogP contribution in [-0.2, 0) is 17.1 Å². The van der Waals surface area contributed by atoms with Crippen LogP contribution in [0.4, 0.5) is 11.6 Å². The molecule has 11 heteroatoms. The summed E-state index contributed by atoms with van der Waals surface area (Å²) in [5.74, 6) is -0.00138. The second kappa shape index (κ2) is 5.25. The number of methoxy groups -OCH3 is 1. The Hall–Kier alpha value is -1.88. The van der Waals surface area contributed by atoms with Crippen molar-refractivity contribution in [2.75, 3.05) is 17.6 Å². The minimum Gasteiger partial charge on any atom is -0.495 e. The van der Waals surface area contributed by atoms with Gasteiger partial charge in [0.1, 0.15) is 10.6 Å². The third-order valence-corrected chi connectivity index (χ3v) is 4.34. The Labute approximate surface area is 123 Å². The van der Waals surface area contributed by atoms with Gasteiger partial charge in [-0.05, 0) is 33.3 Å². The lowest BCUT2D eigenvalue weighted by Crippen LogP contribution is -2.15. The van der Waals surface area contributed by atoms with Crippen LogP contribution in [0.5, 0.6) is 5.75 Å². The highest BCUT2D eigenvalue weighted by atomic mass is 79.9. The largest absolute Gasteiger partial charge is 0.495 e. The molecule has 0 spiro atoms. The van der Waals surface area contributed by atoms with E-state index in [-0.39, 0.29) is 22.3 Å². The van der Waals surface area contributed by atoms with E-state index in [1.165, 1.54) is 26.3 Å². The number of nitrogen functional groups attached to an aromatic ring is 1. The number of nitrogens with zero attached hydrogens (tertiary/aromatic N) is 4. The monoisotopic (exact) mass is 362 g/mol. The van der Waals surface area contributed by atoms with E-state index in [4.69, 9.17) is 10.5 Å². The number of hydrogen-bond donors (Lipinski definition) is 2. The lowest BCUT2D eigenvalue weighted by Gasteiger charge is -2.11. The zero-order valence-electron chi connectivity index (χ0n) is 10.5. The van der Waals surface area contributed by atoms with E-state index in [1.54, 1.807) is 0 Å². The van der Waals surface area contributed by atoms with Crippen LogP contribution in [0.15, 0.2) is 21.5 Å². The highest BCUT2D eigenvalue weighted by Gasteiger charge is 2.23. The molecule has 2 rings (SSSR count). The van der Waals surface area contributed by atoms with Crippen LogP contribution >= 0.6 is 15.9 Å². The summed E-state index contributed by atoms with van der Waals surface area (Å²) in [5.41, 5.74) is 5.96. The van der Waals surface area contributed by atoms with Gasteiger partial charge in [0.05, 0.1) is 14.2 Å². The first kappa shape index (κ1) is 14.5. The second-order valence-electron chi connectivity index (χ2n) is 3.73. The van der Waals surface area contributed by atoms with Crippen molar-refractivity contribution in [1.29, 1.82) is 0 Å². The van der Waals surface area contributed by atoms with Crippen molar-refractivity contribution in [3.8, 4) is 5.75 Å². The molecule has 0 amide bonds. The Kier molecular flexibility index (Phi) is 3.81. The summed E-state index contributed by atoms with van der Waals surface area (Å²) in [6, 6.07) is 2.75. The van der Waals surface area contributed by atoms with Crippen LogP contribution in [0.2, 0.25) is 0 Å². The molecular weight excluding hydrogens is 352 g/mol. The zero-order valence-corrected chi connectivity index (χ0v) is 12.9. The van der Waals surface area contributed by atoms with E-state index in [0.717, 1.165) is 4.80 Å². The smallest absolute Gasteiger partial charge is 0.277 e. The predicted octanol–water partition coefficient (Wildman–Crippen LogP) is 0.364. The topological polar surface area (TPSA) is 125 Å². The van der Waals surface area contributed by atoms with Gasteiger partial charge >= 0.3 is 0 Å². The molecular formula is C9H11BrN6O3S. The normalized spacial score (nSPS) is 11.3. The van der Waals surface area contributed by atoms with Gasteiger partial charge in [-0.3, -0.25) is 0 Å². The fraction of sp³-hybridized carbons (Fsp3) is 0.222. The number of nitrogens with one attached hydrogen (secondary N) is 1. The Morgan fingerprint density at radius 1 is 1.45 bits per heavy atom. The molecule has 0 unspecified atom stereocenters. The summed E-state index contributed by atoms with van der Waals surface area (Å²) in [4.78, 5) is 1.01. The second-order valence-corrected chi connectivity index (χ2v) is 6.24. The van der Waals surface area contributed by atoms with E-state index in [9.17, 15) is 8.42 Å². The van der Waals surface area contributed by atoms with Gasteiger partial charge in [-0.2, -0.15) is 4.80 Å². The number of nitrogens with two attached hydrogens (primary N) is 1. The number of sulfonamides is 1. The number of hydrogen-bond acceptors (Lipinski definition) is 7. The fourth-order valence-electron chi connectivity index (χ4n) is 1.42. The van der Waals surface area contributed by atoms with Gasteiger partial charge in [-0.15, -0.1) is 5.10 Å². The highest BCUT2D eigenvalue weighted by Crippen LogP contribution is 2.32. The first-order chi connectivity index (χ1) is 9.33. The molecule has 1 heterocycles. The van der Waals surface area contributed by atoms with E-state index in [1.807, 2.05) is 0 Å². The maximum atomic E-state index is 12.3. The molecule has 9 nitrogen and oxygen atoms in total. The molecule has 3 N–H and O–H groups in total. The Morgan fingerprint density at radius 3 is 2.70 bits per heavy atom.